The molecule has 3 heterocycles. The number of carbonyl (C=O) groups excluding carboxylic acids is 1. The predicted molar refractivity (Wildman–Crippen MR) is 124 cm³/mol. The third-order valence-electron chi connectivity index (χ3n) is 5.69. The molecule has 5 rings (SSSR count). The molecule has 1 aliphatic rings. The molecule has 1 fully saturated rings. The van der Waals surface area contributed by atoms with Gasteiger partial charge in [0.1, 0.15) is 17.0 Å². The Balaban J connectivity index is 1.45. The molecular formula is C23H22F2N6O2S. The first kappa shape index (κ1) is 22.3. The number of alkyl halides is 2. The molecule has 0 spiro atoms. The molecule has 0 radical (unpaired) electrons. The first-order chi connectivity index (χ1) is 16.6. The Morgan fingerprint density at radius 2 is 2.12 bits per heavy atom. The average molecular weight is 485 g/mol. The fourth-order valence-electron chi connectivity index (χ4n) is 4.11. The zero-order chi connectivity index (χ0) is 23.5. The number of halogens is 2. The Morgan fingerprint density at radius 3 is 2.94 bits per heavy atom. The standard InChI is InChI=1S/C23H22F2N6O2S/c24-23(25)33-19-8-7-15(34-14-5-2-1-3-6-14)11-16(19)20-18(13-27-30-20)29-22(32)17-12-28-31-10-4-9-26-21(17)31/h4,7-14,23H,1-3,5-6H2,(H,27,30)(H,29,32). The molecule has 0 saturated heterocycles. The van der Waals surface area contributed by atoms with Crippen molar-refractivity contribution < 1.29 is 18.3 Å². The minimum absolute atomic E-state index is 0.0109. The molecule has 0 unspecified atom stereocenters. The summed E-state index contributed by atoms with van der Waals surface area (Å²) in [7, 11) is 0. The van der Waals surface area contributed by atoms with E-state index in [1.54, 1.807) is 42.4 Å². The highest BCUT2D eigenvalue weighted by atomic mass is 32.2. The third-order valence-corrected chi connectivity index (χ3v) is 7.02. The molecule has 0 atom stereocenters. The van der Waals surface area contributed by atoms with Gasteiger partial charge in [0.05, 0.1) is 11.9 Å². The Morgan fingerprint density at radius 1 is 1.26 bits per heavy atom. The van der Waals surface area contributed by atoms with Gasteiger partial charge in [-0.25, -0.2) is 9.50 Å². The molecular weight excluding hydrogens is 462 g/mol. The molecule has 1 aromatic carbocycles. The molecule has 8 nitrogen and oxygen atoms in total. The number of aromatic amines is 1. The number of ether oxygens (including phenoxy) is 1. The van der Waals surface area contributed by atoms with Crippen LogP contribution in [0.4, 0.5) is 14.5 Å². The minimum atomic E-state index is -2.99. The van der Waals surface area contributed by atoms with E-state index in [0.29, 0.717) is 27.8 Å². The van der Waals surface area contributed by atoms with Crippen molar-refractivity contribution in [1.82, 2.24) is 24.8 Å². The van der Waals surface area contributed by atoms with Crippen molar-refractivity contribution in [2.45, 2.75) is 48.9 Å². The van der Waals surface area contributed by atoms with Gasteiger partial charge in [0.15, 0.2) is 5.65 Å². The highest BCUT2D eigenvalue weighted by Crippen LogP contribution is 2.40. The van der Waals surface area contributed by atoms with E-state index in [-0.39, 0.29) is 11.3 Å². The van der Waals surface area contributed by atoms with Gasteiger partial charge in [-0.1, -0.05) is 19.3 Å². The van der Waals surface area contributed by atoms with Crippen LogP contribution in [0.1, 0.15) is 42.5 Å². The Labute approximate surface area is 198 Å². The predicted octanol–water partition coefficient (Wildman–Crippen LogP) is 5.40. The van der Waals surface area contributed by atoms with E-state index in [2.05, 4.69) is 25.6 Å². The van der Waals surface area contributed by atoms with Crippen molar-refractivity contribution in [3.63, 3.8) is 0 Å². The van der Waals surface area contributed by atoms with E-state index in [0.717, 1.165) is 17.7 Å². The summed E-state index contributed by atoms with van der Waals surface area (Å²) in [6, 6.07) is 6.82. The minimum Gasteiger partial charge on any atom is -0.434 e. The van der Waals surface area contributed by atoms with Gasteiger partial charge in [-0.3, -0.25) is 9.89 Å². The molecule has 1 amide bonds. The van der Waals surface area contributed by atoms with Crippen LogP contribution in [0.15, 0.2) is 53.9 Å². The quantitative estimate of drug-likeness (QED) is 0.365. The number of anilines is 1. The molecule has 0 aliphatic heterocycles. The lowest BCUT2D eigenvalue weighted by Gasteiger charge is -2.21. The lowest BCUT2D eigenvalue weighted by atomic mass is 10.0. The molecule has 3 aromatic heterocycles. The second-order valence-electron chi connectivity index (χ2n) is 7.96. The fourth-order valence-corrected chi connectivity index (χ4v) is 5.40. The maximum absolute atomic E-state index is 13.1. The number of fused-ring (bicyclic) bond motifs is 1. The summed E-state index contributed by atoms with van der Waals surface area (Å²) in [5.74, 6) is -0.455. The first-order valence-electron chi connectivity index (χ1n) is 11.0. The van der Waals surface area contributed by atoms with Gasteiger partial charge in [-0.2, -0.15) is 19.0 Å². The van der Waals surface area contributed by atoms with E-state index in [1.807, 2.05) is 0 Å². The fraction of sp³-hybridized carbons (Fsp3) is 0.304. The van der Waals surface area contributed by atoms with Gasteiger partial charge >= 0.3 is 6.61 Å². The number of aromatic nitrogens is 5. The number of thioether (sulfide) groups is 1. The molecule has 2 N–H and O–H groups in total. The maximum Gasteiger partial charge on any atom is 0.387 e. The number of nitrogens with zero attached hydrogens (tertiary/aromatic N) is 4. The van der Waals surface area contributed by atoms with Crippen LogP contribution in [0, 0.1) is 0 Å². The van der Waals surface area contributed by atoms with Gasteiger partial charge in [0.25, 0.3) is 5.91 Å². The number of carbonyl (C=O) groups is 1. The van der Waals surface area contributed by atoms with Gasteiger partial charge in [0.2, 0.25) is 0 Å². The second kappa shape index (κ2) is 9.80. The van der Waals surface area contributed by atoms with Crippen LogP contribution in [0.3, 0.4) is 0 Å². The normalized spacial score (nSPS) is 14.6. The summed E-state index contributed by atoms with van der Waals surface area (Å²) < 4.78 is 32.5. The summed E-state index contributed by atoms with van der Waals surface area (Å²) in [5, 5.41) is 14.4. The zero-order valence-corrected chi connectivity index (χ0v) is 18.9. The number of amides is 1. The zero-order valence-electron chi connectivity index (χ0n) is 18.1. The van der Waals surface area contributed by atoms with Gasteiger partial charge in [-0.15, -0.1) is 11.8 Å². The smallest absolute Gasteiger partial charge is 0.387 e. The molecule has 11 heteroatoms. The summed E-state index contributed by atoms with van der Waals surface area (Å²) in [6.07, 6.45) is 12.1. The summed E-state index contributed by atoms with van der Waals surface area (Å²) in [4.78, 5) is 18.1. The number of hydrogen-bond donors (Lipinski definition) is 2. The average Bonchev–Trinajstić information content (AvgIpc) is 3.47. The van der Waals surface area contributed by atoms with E-state index in [1.165, 1.54) is 42.2 Å². The summed E-state index contributed by atoms with van der Waals surface area (Å²) >= 11 is 1.74. The van der Waals surface area contributed by atoms with Gasteiger partial charge < -0.3 is 10.1 Å². The Kier molecular flexibility index (Phi) is 6.43. The molecule has 176 valence electrons. The van der Waals surface area contributed by atoms with Crippen molar-refractivity contribution in [2.24, 2.45) is 0 Å². The molecule has 0 bridgehead atoms. The van der Waals surface area contributed by atoms with Crippen LogP contribution in [0.5, 0.6) is 5.75 Å². The van der Waals surface area contributed by atoms with E-state index in [4.69, 9.17) is 4.74 Å². The SMILES string of the molecule is O=C(Nc1c[nH]nc1-c1cc(SC2CCCCC2)ccc1OC(F)F)c1cnn2cccnc12. The number of nitrogens with one attached hydrogen (secondary N) is 2. The lowest BCUT2D eigenvalue weighted by molar-refractivity contribution is -0.0494. The van der Waals surface area contributed by atoms with E-state index >= 15 is 0 Å². The van der Waals surface area contributed by atoms with E-state index in [9.17, 15) is 13.6 Å². The molecule has 4 aromatic rings. The van der Waals surface area contributed by atoms with Crippen molar-refractivity contribution in [3.8, 4) is 17.0 Å². The van der Waals surface area contributed by atoms with Gasteiger partial charge in [-0.05, 0) is 37.1 Å². The largest absolute Gasteiger partial charge is 0.434 e. The van der Waals surface area contributed by atoms with Gasteiger partial charge in [0, 0.05) is 34.3 Å². The van der Waals surface area contributed by atoms with Crippen LogP contribution >= 0.6 is 11.8 Å². The third kappa shape index (κ3) is 4.74. The second-order valence-corrected chi connectivity index (χ2v) is 9.34. The van der Waals surface area contributed by atoms with E-state index < -0.39 is 12.5 Å². The number of rotatable bonds is 7. The highest BCUT2D eigenvalue weighted by molar-refractivity contribution is 8.00. The number of H-pyrrole nitrogens is 1. The number of benzene rings is 1. The van der Waals surface area contributed by atoms with Crippen LogP contribution in [0.25, 0.3) is 16.9 Å². The lowest BCUT2D eigenvalue weighted by Crippen LogP contribution is -2.12. The topological polar surface area (TPSA) is 97.2 Å². The molecule has 34 heavy (non-hydrogen) atoms. The Hall–Kier alpha value is -3.47. The Bertz CT molecular complexity index is 1300. The molecule has 1 aliphatic carbocycles. The van der Waals surface area contributed by atoms with Crippen molar-refractivity contribution in [3.05, 3.63) is 54.6 Å². The molecule has 1 saturated carbocycles. The highest BCUT2D eigenvalue weighted by Gasteiger charge is 2.22. The van der Waals surface area contributed by atoms with Crippen molar-refractivity contribution in [2.75, 3.05) is 5.32 Å². The monoisotopic (exact) mass is 484 g/mol. The number of hydrogen-bond acceptors (Lipinski definition) is 6. The van der Waals surface area contributed by atoms with Crippen LogP contribution < -0.4 is 10.1 Å². The first-order valence-corrected chi connectivity index (χ1v) is 11.9. The van der Waals surface area contributed by atoms with Crippen molar-refractivity contribution >= 4 is 29.0 Å². The van der Waals surface area contributed by atoms with Crippen LogP contribution in [-0.2, 0) is 0 Å². The summed E-state index contributed by atoms with van der Waals surface area (Å²) in [5.41, 5.74) is 1.69. The van der Waals surface area contributed by atoms with Crippen LogP contribution in [-0.4, -0.2) is 42.6 Å². The van der Waals surface area contributed by atoms with Crippen molar-refractivity contribution in [1.29, 1.82) is 0 Å². The van der Waals surface area contributed by atoms with Crippen LogP contribution in [0.2, 0.25) is 0 Å². The summed E-state index contributed by atoms with van der Waals surface area (Å²) in [6.45, 7) is -2.99. The maximum atomic E-state index is 13.1.